The highest BCUT2D eigenvalue weighted by Gasteiger charge is 2.22. The number of primary amides is 1. The summed E-state index contributed by atoms with van der Waals surface area (Å²) in [4.78, 5) is 25.8. The first kappa shape index (κ1) is 20.2. The van der Waals surface area contributed by atoms with E-state index in [0.29, 0.717) is 34.7 Å². The van der Waals surface area contributed by atoms with E-state index in [-0.39, 0.29) is 0 Å². The van der Waals surface area contributed by atoms with E-state index in [0.717, 1.165) is 41.9 Å². The van der Waals surface area contributed by atoms with Gasteiger partial charge >= 0.3 is 7.12 Å². The van der Waals surface area contributed by atoms with Crippen LogP contribution in [0.3, 0.4) is 0 Å². The lowest BCUT2D eigenvalue weighted by atomic mass is 9.79. The van der Waals surface area contributed by atoms with Crippen LogP contribution in [0.1, 0.15) is 33.6 Å². The van der Waals surface area contributed by atoms with Gasteiger partial charge in [0.1, 0.15) is 5.82 Å². The molecule has 0 atom stereocenters. The van der Waals surface area contributed by atoms with Crippen molar-refractivity contribution in [3.63, 3.8) is 0 Å². The number of benzene rings is 1. The van der Waals surface area contributed by atoms with E-state index in [1.807, 2.05) is 6.07 Å². The van der Waals surface area contributed by atoms with Gasteiger partial charge < -0.3 is 21.1 Å². The fraction of sp³-hybridized carbons (Fsp3) is 0.182. The van der Waals surface area contributed by atoms with Crippen molar-refractivity contribution in [3.8, 4) is 11.6 Å². The van der Waals surface area contributed by atoms with Crippen LogP contribution in [-0.2, 0) is 19.4 Å². The highest BCUT2D eigenvalue weighted by Crippen LogP contribution is 2.29. The molecule has 0 spiro atoms. The summed E-state index contributed by atoms with van der Waals surface area (Å²) in [6, 6.07) is 10.5. The Balaban J connectivity index is 1.52. The minimum absolute atomic E-state index is 0.386. The molecular weight excluding hydrogens is 407 g/mol. The smallest absolute Gasteiger partial charge is 0.423 e. The van der Waals surface area contributed by atoms with E-state index in [4.69, 9.17) is 15.7 Å². The Morgan fingerprint density at radius 2 is 2.06 bits per heavy atom. The van der Waals surface area contributed by atoms with Crippen molar-refractivity contribution in [2.24, 2.45) is 5.73 Å². The zero-order chi connectivity index (χ0) is 22.2. The van der Waals surface area contributed by atoms with Crippen LogP contribution in [0.25, 0.3) is 17.2 Å². The van der Waals surface area contributed by atoms with Gasteiger partial charge in [0.2, 0.25) is 0 Å². The maximum atomic E-state index is 11.8. The summed E-state index contributed by atoms with van der Waals surface area (Å²) in [6.45, 7) is 0.470. The topological polar surface area (TPSA) is 139 Å². The van der Waals surface area contributed by atoms with Crippen LogP contribution in [0.4, 0.5) is 5.82 Å². The molecule has 1 aliphatic carbocycles. The molecular formula is C22H21BN6O3. The second-order valence-electron chi connectivity index (χ2n) is 7.77. The molecule has 0 bridgehead atoms. The molecule has 9 nitrogen and oxygen atoms in total. The number of pyridine rings is 1. The predicted molar refractivity (Wildman–Crippen MR) is 120 cm³/mol. The van der Waals surface area contributed by atoms with E-state index in [2.05, 4.69) is 10.3 Å². The standard InChI is InChI=1S/C22H21BN6O3/c24-19(30)16-7-3-9-29-18(16)12-26-22(29)21-27-17-8-2-6-15(17)20(28-21)25-11-13-4-1-5-14(10-13)23(31)32/h1,3-5,7,9-10,12,31-32H,2,6,8,11H2,(H2,24,30)(H,25,27,28). The van der Waals surface area contributed by atoms with E-state index < -0.39 is 13.0 Å². The maximum absolute atomic E-state index is 11.8. The van der Waals surface area contributed by atoms with Crippen molar-refractivity contribution < 1.29 is 14.8 Å². The fourth-order valence-corrected chi connectivity index (χ4v) is 4.12. The Bertz CT molecular complexity index is 1340. The second kappa shape index (κ2) is 8.06. The van der Waals surface area contributed by atoms with Crippen molar-refractivity contribution in [3.05, 3.63) is 71.2 Å². The van der Waals surface area contributed by atoms with Crippen molar-refractivity contribution in [1.82, 2.24) is 19.4 Å². The molecule has 5 rings (SSSR count). The summed E-state index contributed by atoms with van der Waals surface area (Å²) in [5, 5.41) is 22.2. The molecule has 1 aliphatic rings. The zero-order valence-corrected chi connectivity index (χ0v) is 17.2. The van der Waals surface area contributed by atoms with Crippen LogP contribution in [0.2, 0.25) is 0 Å². The number of imidazole rings is 1. The highest BCUT2D eigenvalue weighted by atomic mass is 16.4. The quantitative estimate of drug-likeness (QED) is 0.331. The van der Waals surface area contributed by atoms with Gasteiger partial charge in [-0.3, -0.25) is 9.20 Å². The predicted octanol–water partition coefficient (Wildman–Crippen LogP) is 0.671. The lowest BCUT2D eigenvalue weighted by Crippen LogP contribution is -2.30. The Kier molecular flexibility index (Phi) is 5.08. The summed E-state index contributed by atoms with van der Waals surface area (Å²) in [6.07, 6.45) is 6.16. The van der Waals surface area contributed by atoms with Crippen LogP contribution < -0.4 is 16.5 Å². The van der Waals surface area contributed by atoms with E-state index in [1.54, 1.807) is 47.1 Å². The third kappa shape index (κ3) is 3.59. The van der Waals surface area contributed by atoms with Gasteiger partial charge in [0.05, 0.1) is 17.3 Å². The molecule has 0 unspecified atom stereocenters. The molecule has 1 aromatic carbocycles. The number of carbonyl (C=O) groups is 1. The van der Waals surface area contributed by atoms with Gasteiger partial charge in [0, 0.05) is 24.0 Å². The van der Waals surface area contributed by atoms with Crippen molar-refractivity contribution in [2.75, 3.05) is 5.32 Å². The number of nitrogens with two attached hydrogens (primary N) is 1. The molecule has 0 fully saturated rings. The van der Waals surface area contributed by atoms with E-state index >= 15 is 0 Å². The summed E-state index contributed by atoms with van der Waals surface area (Å²) < 4.78 is 1.77. The molecule has 3 heterocycles. The van der Waals surface area contributed by atoms with Crippen molar-refractivity contribution in [1.29, 1.82) is 0 Å². The SMILES string of the molecule is NC(=O)c1cccn2c(-c3nc4c(c(NCc5cccc(B(O)O)c5)n3)CCC4)ncc12. The molecule has 0 radical (unpaired) electrons. The highest BCUT2D eigenvalue weighted by molar-refractivity contribution is 6.58. The Morgan fingerprint density at radius 3 is 2.88 bits per heavy atom. The van der Waals surface area contributed by atoms with Crippen LogP contribution in [0.5, 0.6) is 0 Å². The summed E-state index contributed by atoms with van der Waals surface area (Å²) in [5.74, 6) is 1.22. The minimum Gasteiger partial charge on any atom is -0.423 e. The molecule has 3 aromatic heterocycles. The summed E-state index contributed by atoms with van der Waals surface area (Å²) in [5.41, 5.74) is 9.90. The third-order valence-electron chi connectivity index (χ3n) is 5.68. The number of nitrogens with one attached hydrogen (secondary N) is 1. The zero-order valence-electron chi connectivity index (χ0n) is 17.2. The molecule has 1 amide bonds. The largest absolute Gasteiger partial charge is 0.488 e. The van der Waals surface area contributed by atoms with Gasteiger partial charge in [0.25, 0.3) is 5.91 Å². The maximum Gasteiger partial charge on any atom is 0.488 e. The van der Waals surface area contributed by atoms with Gasteiger partial charge in [-0.1, -0.05) is 24.3 Å². The number of nitrogens with zero attached hydrogens (tertiary/aromatic N) is 4. The van der Waals surface area contributed by atoms with Crippen LogP contribution in [-0.4, -0.2) is 42.4 Å². The molecule has 0 saturated heterocycles. The number of carbonyl (C=O) groups excluding carboxylic acids is 1. The number of aromatic nitrogens is 4. The first-order chi connectivity index (χ1) is 15.5. The number of aryl methyl sites for hydroxylation is 1. The number of hydrogen-bond acceptors (Lipinski definition) is 7. The lowest BCUT2D eigenvalue weighted by Gasteiger charge is -2.13. The molecule has 10 heteroatoms. The number of anilines is 1. The average Bonchev–Trinajstić information content (AvgIpc) is 3.44. The molecule has 0 aliphatic heterocycles. The van der Waals surface area contributed by atoms with Gasteiger partial charge in [-0.25, -0.2) is 15.0 Å². The van der Waals surface area contributed by atoms with Gasteiger partial charge in [-0.15, -0.1) is 0 Å². The third-order valence-corrected chi connectivity index (χ3v) is 5.68. The Morgan fingerprint density at radius 1 is 1.19 bits per heavy atom. The molecule has 32 heavy (non-hydrogen) atoms. The molecule has 4 aromatic rings. The van der Waals surface area contributed by atoms with Crippen LogP contribution in [0.15, 0.2) is 48.8 Å². The Labute approximate surface area is 184 Å². The number of fused-ring (bicyclic) bond motifs is 2. The van der Waals surface area contributed by atoms with Crippen LogP contribution in [0, 0.1) is 0 Å². The number of hydrogen-bond donors (Lipinski definition) is 4. The van der Waals surface area contributed by atoms with Crippen LogP contribution >= 0.6 is 0 Å². The normalized spacial score (nSPS) is 12.7. The fourth-order valence-electron chi connectivity index (χ4n) is 4.12. The average molecular weight is 428 g/mol. The monoisotopic (exact) mass is 428 g/mol. The first-order valence-corrected chi connectivity index (χ1v) is 10.4. The van der Waals surface area contributed by atoms with Crippen molar-refractivity contribution >= 4 is 29.8 Å². The molecule has 160 valence electrons. The molecule has 0 saturated carbocycles. The van der Waals surface area contributed by atoms with Gasteiger partial charge in [0.15, 0.2) is 11.6 Å². The van der Waals surface area contributed by atoms with Gasteiger partial charge in [-0.2, -0.15) is 0 Å². The molecule has 5 N–H and O–H groups in total. The second-order valence-corrected chi connectivity index (χ2v) is 7.77. The number of amides is 1. The Hall–Kier alpha value is -3.76. The van der Waals surface area contributed by atoms with Gasteiger partial charge in [-0.05, 0) is 42.4 Å². The lowest BCUT2D eigenvalue weighted by molar-refractivity contribution is 0.100. The van der Waals surface area contributed by atoms with Crippen molar-refractivity contribution in [2.45, 2.75) is 25.8 Å². The summed E-state index contributed by atoms with van der Waals surface area (Å²) >= 11 is 0. The minimum atomic E-state index is -1.51. The van der Waals surface area contributed by atoms with E-state index in [1.165, 1.54) is 0 Å². The van der Waals surface area contributed by atoms with E-state index in [9.17, 15) is 14.8 Å². The first-order valence-electron chi connectivity index (χ1n) is 10.4. The summed E-state index contributed by atoms with van der Waals surface area (Å²) in [7, 11) is -1.51. The number of rotatable bonds is 6.